The van der Waals surface area contributed by atoms with E-state index in [0.29, 0.717) is 5.75 Å². The van der Waals surface area contributed by atoms with Crippen molar-refractivity contribution >= 4 is 38.8 Å². The van der Waals surface area contributed by atoms with E-state index in [9.17, 15) is 4.79 Å². The van der Waals surface area contributed by atoms with E-state index < -0.39 is 0 Å². The van der Waals surface area contributed by atoms with Crippen LogP contribution in [0.2, 0.25) is 0 Å². The molecule has 1 amide bonds. The quantitative estimate of drug-likeness (QED) is 0.532. The SMILES string of the molecule is O=C(COc1ccc(Br)cc1)N/N=C/c1ccc2ccccc2c1. The zero-order valence-corrected chi connectivity index (χ0v) is 14.4. The molecule has 24 heavy (non-hydrogen) atoms. The van der Waals surface area contributed by atoms with Crippen LogP contribution in [-0.2, 0) is 4.79 Å². The summed E-state index contributed by atoms with van der Waals surface area (Å²) in [5.74, 6) is 0.321. The molecule has 0 aliphatic heterocycles. The zero-order valence-electron chi connectivity index (χ0n) is 12.8. The number of hydrogen-bond donors (Lipinski definition) is 1. The number of carbonyl (C=O) groups excluding carboxylic acids is 1. The Morgan fingerprint density at radius 2 is 1.79 bits per heavy atom. The van der Waals surface area contributed by atoms with Gasteiger partial charge < -0.3 is 4.74 Å². The molecule has 3 aromatic carbocycles. The number of amides is 1. The molecule has 5 heteroatoms. The Balaban J connectivity index is 1.52. The number of carbonyl (C=O) groups is 1. The van der Waals surface area contributed by atoms with Gasteiger partial charge in [0.1, 0.15) is 5.75 Å². The summed E-state index contributed by atoms with van der Waals surface area (Å²) >= 11 is 3.34. The first-order valence-corrected chi connectivity index (χ1v) is 8.19. The van der Waals surface area contributed by atoms with E-state index in [4.69, 9.17) is 4.74 Å². The van der Waals surface area contributed by atoms with Crippen molar-refractivity contribution in [2.75, 3.05) is 6.61 Å². The van der Waals surface area contributed by atoms with Crippen molar-refractivity contribution in [3.8, 4) is 5.75 Å². The topological polar surface area (TPSA) is 50.7 Å². The van der Waals surface area contributed by atoms with Crippen LogP contribution in [0.25, 0.3) is 10.8 Å². The van der Waals surface area contributed by atoms with Crippen molar-refractivity contribution in [3.05, 3.63) is 76.8 Å². The van der Waals surface area contributed by atoms with Gasteiger partial charge in [-0.25, -0.2) is 5.43 Å². The summed E-state index contributed by atoms with van der Waals surface area (Å²) < 4.78 is 6.33. The van der Waals surface area contributed by atoms with Crippen LogP contribution < -0.4 is 10.2 Å². The van der Waals surface area contributed by atoms with Gasteiger partial charge in [-0.05, 0) is 46.7 Å². The molecule has 3 aromatic rings. The minimum absolute atomic E-state index is 0.0866. The molecule has 4 nitrogen and oxygen atoms in total. The fourth-order valence-electron chi connectivity index (χ4n) is 2.18. The fraction of sp³-hybridized carbons (Fsp3) is 0.0526. The van der Waals surface area contributed by atoms with Crippen LogP contribution >= 0.6 is 15.9 Å². The van der Waals surface area contributed by atoms with Crippen molar-refractivity contribution in [1.82, 2.24) is 5.43 Å². The van der Waals surface area contributed by atoms with Crippen LogP contribution in [0.4, 0.5) is 0 Å². The van der Waals surface area contributed by atoms with Gasteiger partial charge in [0.05, 0.1) is 6.21 Å². The Hall–Kier alpha value is -2.66. The summed E-state index contributed by atoms with van der Waals surface area (Å²) in [7, 11) is 0. The number of rotatable bonds is 5. The molecule has 0 aromatic heterocycles. The molecule has 0 aliphatic carbocycles. The molecule has 0 radical (unpaired) electrons. The van der Waals surface area contributed by atoms with Gasteiger partial charge in [-0.15, -0.1) is 0 Å². The average molecular weight is 383 g/mol. The van der Waals surface area contributed by atoms with E-state index in [-0.39, 0.29) is 12.5 Å². The fourth-order valence-corrected chi connectivity index (χ4v) is 2.44. The van der Waals surface area contributed by atoms with Crippen molar-refractivity contribution in [2.24, 2.45) is 5.10 Å². The third-order valence-electron chi connectivity index (χ3n) is 3.36. The lowest BCUT2D eigenvalue weighted by Crippen LogP contribution is -2.24. The lowest BCUT2D eigenvalue weighted by molar-refractivity contribution is -0.123. The highest BCUT2D eigenvalue weighted by Crippen LogP contribution is 2.16. The summed E-state index contributed by atoms with van der Waals surface area (Å²) in [5.41, 5.74) is 3.38. The van der Waals surface area contributed by atoms with Gasteiger partial charge in [-0.1, -0.05) is 52.3 Å². The number of hydrogen-bond acceptors (Lipinski definition) is 3. The molecule has 0 spiro atoms. The first kappa shape index (κ1) is 16.2. The van der Waals surface area contributed by atoms with E-state index in [0.717, 1.165) is 15.4 Å². The summed E-state index contributed by atoms with van der Waals surface area (Å²) in [6.45, 7) is -0.0866. The second kappa shape index (κ2) is 7.75. The molecule has 0 fully saturated rings. The monoisotopic (exact) mass is 382 g/mol. The average Bonchev–Trinajstić information content (AvgIpc) is 2.61. The summed E-state index contributed by atoms with van der Waals surface area (Å²) in [5, 5.41) is 6.26. The molecule has 0 unspecified atom stereocenters. The Morgan fingerprint density at radius 1 is 1.04 bits per heavy atom. The molecular weight excluding hydrogens is 368 g/mol. The minimum atomic E-state index is -0.310. The first-order chi connectivity index (χ1) is 11.7. The maximum atomic E-state index is 11.7. The van der Waals surface area contributed by atoms with Crippen molar-refractivity contribution in [2.45, 2.75) is 0 Å². The normalized spacial score (nSPS) is 10.9. The van der Waals surface area contributed by atoms with Gasteiger partial charge in [0.15, 0.2) is 6.61 Å². The Kier molecular flexibility index (Phi) is 5.23. The van der Waals surface area contributed by atoms with E-state index in [1.54, 1.807) is 18.3 Å². The van der Waals surface area contributed by atoms with Gasteiger partial charge in [0, 0.05) is 4.47 Å². The third-order valence-corrected chi connectivity index (χ3v) is 3.89. The molecule has 0 aliphatic rings. The van der Waals surface area contributed by atoms with Crippen LogP contribution in [0.3, 0.4) is 0 Å². The summed E-state index contributed by atoms with van der Waals surface area (Å²) in [6, 6.07) is 21.4. The number of ether oxygens (including phenoxy) is 1. The van der Waals surface area contributed by atoms with Crippen molar-refractivity contribution in [1.29, 1.82) is 0 Å². The Morgan fingerprint density at radius 3 is 2.58 bits per heavy atom. The van der Waals surface area contributed by atoms with E-state index in [1.165, 1.54) is 5.39 Å². The maximum Gasteiger partial charge on any atom is 0.277 e. The predicted molar refractivity (Wildman–Crippen MR) is 99.3 cm³/mol. The highest BCUT2D eigenvalue weighted by atomic mass is 79.9. The van der Waals surface area contributed by atoms with Crippen LogP contribution in [0.1, 0.15) is 5.56 Å². The van der Waals surface area contributed by atoms with Gasteiger partial charge in [-0.3, -0.25) is 4.79 Å². The van der Waals surface area contributed by atoms with Crippen molar-refractivity contribution in [3.63, 3.8) is 0 Å². The molecular formula is C19H15BrN2O2. The molecule has 120 valence electrons. The predicted octanol–water partition coefficient (Wildman–Crippen LogP) is 4.13. The number of nitrogens with one attached hydrogen (secondary N) is 1. The lowest BCUT2D eigenvalue weighted by Gasteiger charge is -2.04. The lowest BCUT2D eigenvalue weighted by atomic mass is 10.1. The zero-order chi connectivity index (χ0) is 16.8. The minimum Gasteiger partial charge on any atom is -0.484 e. The first-order valence-electron chi connectivity index (χ1n) is 7.40. The number of hydrazone groups is 1. The number of fused-ring (bicyclic) bond motifs is 1. The molecule has 0 bridgehead atoms. The third kappa shape index (κ3) is 4.43. The molecule has 3 rings (SSSR count). The molecule has 1 N–H and O–H groups in total. The maximum absolute atomic E-state index is 11.7. The second-order valence-electron chi connectivity index (χ2n) is 5.14. The largest absolute Gasteiger partial charge is 0.484 e. The van der Waals surface area contributed by atoms with Gasteiger partial charge in [0.2, 0.25) is 0 Å². The number of benzene rings is 3. The van der Waals surface area contributed by atoms with Crippen LogP contribution in [-0.4, -0.2) is 18.7 Å². The molecule has 0 saturated heterocycles. The number of halogens is 1. The smallest absolute Gasteiger partial charge is 0.277 e. The standard InChI is InChI=1S/C19H15BrN2O2/c20-17-7-9-18(10-8-17)24-13-19(23)22-21-12-14-5-6-15-3-1-2-4-16(15)11-14/h1-12H,13H2,(H,22,23)/b21-12+. The molecule has 0 heterocycles. The van der Waals surface area contributed by atoms with Crippen LogP contribution in [0.15, 0.2) is 76.3 Å². The summed E-state index contributed by atoms with van der Waals surface area (Å²) in [6.07, 6.45) is 1.62. The molecule has 0 atom stereocenters. The van der Waals surface area contributed by atoms with E-state index in [1.807, 2.05) is 48.5 Å². The van der Waals surface area contributed by atoms with E-state index >= 15 is 0 Å². The highest BCUT2D eigenvalue weighted by molar-refractivity contribution is 9.10. The summed E-state index contributed by atoms with van der Waals surface area (Å²) in [4.78, 5) is 11.7. The van der Waals surface area contributed by atoms with E-state index in [2.05, 4.69) is 32.5 Å². The van der Waals surface area contributed by atoms with Gasteiger partial charge >= 0.3 is 0 Å². The second-order valence-corrected chi connectivity index (χ2v) is 6.06. The Labute approximate surface area is 148 Å². The van der Waals surface area contributed by atoms with Crippen molar-refractivity contribution < 1.29 is 9.53 Å². The molecule has 0 saturated carbocycles. The van der Waals surface area contributed by atoms with Crippen LogP contribution in [0.5, 0.6) is 5.75 Å². The number of nitrogens with zero attached hydrogens (tertiary/aromatic N) is 1. The Bertz CT molecular complexity index is 876. The highest BCUT2D eigenvalue weighted by Gasteiger charge is 2.01. The van der Waals surface area contributed by atoms with Gasteiger partial charge in [0.25, 0.3) is 5.91 Å². The van der Waals surface area contributed by atoms with Gasteiger partial charge in [-0.2, -0.15) is 5.10 Å². The van der Waals surface area contributed by atoms with Crippen LogP contribution in [0, 0.1) is 0 Å².